The lowest BCUT2D eigenvalue weighted by atomic mass is 9.94. The summed E-state index contributed by atoms with van der Waals surface area (Å²) < 4.78 is 0. The molecule has 1 heterocycles. The fraction of sp³-hybridized carbons (Fsp3) is 0.611. The average molecular weight is 270 g/mol. The Labute approximate surface area is 122 Å². The number of nitrogens with zero attached hydrogens (tertiary/aromatic N) is 1. The molecule has 2 nitrogen and oxygen atoms in total. The molecular formula is C18H26N2. The first kappa shape index (κ1) is 13.7. The fourth-order valence-electron chi connectivity index (χ4n) is 3.59. The standard InChI is InChI=1S/C18H26N2/c1-3-8-15(9-4-1)14-16-10-7-11-17(16)20-18-12-5-2-6-13-19-18/h1,3-4,8-9,16-17H,2,5-7,10-14H2,(H,19,20)/t16-,17-/m1/s1. The number of nitrogens with one attached hydrogen (secondary N) is 1. The summed E-state index contributed by atoms with van der Waals surface area (Å²) in [4.78, 5) is 4.73. The zero-order valence-electron chi connectivity index (χ0n) is 12.4. The van der Waals surface area contributed by atoms with Crippen LogP contribution in [-0.4, -0.2) is 18.4 Å². The van der Waals surface area contributed by atoms with E-state index in [2.05, 4.69) is 35.6 Å². The molecule has 1 aromatic carbocycles. The fourth-order valence-corrected chi connectivity index (χ4v) is 3.59. The molecule has 2 heteroatoms. The normalized spacial score (nSPS) is 26.9. The van der Waals surface area contributed by atoms with Gasteiger partial charge in [0.15, 0.2) is 0 Å². The van der Waals surface area contributed by atoms with Crippen LogP contribution in [0.15, 0.2) is 35.3 Å². The highest BCUT2D eigenvalue weighted by atomic mass is 15.0. The van der Waals surface area contributed by atoms with Crippen LogP contribution < -0.4 is 5.32 Å². The van der Waals surface area contributed by atoms with Gasteiger partial charge in [-0.3, -0.25) is 4.99 Å². The molecule has 0 radical (unpaired) electrons. The number of benzene rings is 1. The Morgan fingerprint density at radius 3 is 2.80 bits per heavy atom. The Balaban J connectivity index is 1.59. The summed E-state index contributed by atoms with van der Waals surface area (Å²) in [5, 5.41) is 3.78. The molecule has 2 atom stereocenters. The highest BCUT2D eigenvalue weighted by molar-refractivity contribution is 5.82. The topological polar surface area (TPSA) is 24.4 Å². The second-order valence-corrected chi connectivity index (χ2v) is 6.27. The molecule has 3 rings (SSSR count). The molecular weight excluding hydrogens is 244 g/mol. The molecule has 0 unspecified atom stereocenters. The summed E-state index contributed by atoms with van der Waals surface area (Å²) in [6, 6.07) is 11.6. The molecule has 1 N–H and O–H groups in total. The van der Waals surface area contributed by atoms with Gasteiger partial charge in [0.1, 0.15) is 0 Å². The van der Waals surface area contributed by atoms with Gasteiger partial charge < -0.3 is 5.32 Å². The third kappa shape index (κ3) is 3.62. The maximum atomic E-state index is 4.73. The van der Waals surface area contributed by atoms with Crippen LogP contribution in [0.25, 0.3) is 0 Å². The summed E-state index contributed by atoms with van der Waals surface area (Å²) in [5.41, 5.74) is 1.48. The number of amidine groups is 1. The molecule has 1 saturated carbocycles. The SMILES string of the molecule is c1ccc(C[C@H]2CCC[C@H]2NC2=NCCCCC2)cc1. The average Bonchev–Trinajstić information content (AvgIpc) is 2.74. The van der Waals surface area contributed by atoms with Gasteiger partial charge in [0, 0.05) is 19.0 Å². The van der Waals surface area contributed by atoms with Crippen LogP contribution in [0, 0.1) is 5.92 Å². The second-order valence-electron chi connectivity index (χ2n) is 6.27. The van der Waals surface area contributed by atoms with Crippen LogP contribution >= 0.6 is 0 Å². The summed E-state index contributed by atoms with van der Waals surface area (Å²) in [6.07, 6.45) is 10.3. The molecule has 0 aromatic heterocycles. The molecule has 1 aliphatic carbocycles. The Morgan fingerprint density at radius 2 is 1.90 bits per heavy atom. The zero-order valence-corrected chi connectivity index (χ0v) is 12.4. The molecule has 0 bridgehead atoms. The van der Waals surface area contributed by atoms with Crippen molar-refractivity contribution in [3.63, 3.8) is 0 Å². The lowest BCUT2D eigenvalue weighted by Crippen LogP contribution is -2.38. The Kier molecular flexibility index (Phi) is 4.73. The third-order valence-electron chi connectivity index (χ3n) is 4.73. The van der Waals surface area contributed by atoms with Crippen molar-refractivity contribution in [3.05, 3.63) is 35.9 Å². The minimum absolute atomic E-state index is 0.645. The van der Waals surface area contributed by atoms with E-state index in [1.165, 1.54) is 56.3 Å². The molecule has 1 aliphatic heterocycles. The molecule has 0 amide bonds. The van der Waals surface area contributed by atoms with Crippen molar-refractivity contribution < 1.29 is 0 Å². The molecule has 1 aromatic rings. The van der Waals surface area contributed by atoms with Crippen LogP contribution in [0.2, 0.25) is 0 Å². The van der Waals surface area contributed by atoms with E-state index < -0.39 is 0 Å². The first-order valence-electron chi connectivity index (χ1n) is 8.25. The van der Waals surface area contributed by atoms with Crippen LogP contribution in [0.3, 0.4) is 0 Å². The summed E-state index contributed by atoms with van der Waals surface area (Å²) in [7, 11) is 0. The first-order chi connectivity index (χ1) is 9.92. The van der Waals surface area contributed by atoms with E-state index in [0.29, 0.717) is 6.04 Å². The van der Waals surface area contributed by atoms with E-state index in [0.717, 1.165) is 18.9 Å². The van der Waals surface area contributed by atoms with Crippen molar-refractivity contribution in [1.29, 1.82) is 0 Å². The van der Waals surface area contributed by atoms with E-state index in [1.807, 2.05) is 0 Å². The van der Waals surface area contributed by atoms with E-state index in [9.17, 15) is 0 Å². The minimum Gasteiger partial charge on any atom is -0.371 e. The lowest BCUT2D eigenvalue weighted by molar-refractivity contribution is 0.443. The maximum Gasteiger partial charge on any atom is 0.0965 e. The summed E-state index contributed by atoms with van der Waals surface area (Å²) >= 11 is 0. The van der Waals surface area contributed by atoms with Gasteiger partial charge in [-0.1, -0.05) is 43.2 Å². The van der Waals surface area contributed by atoms with Gasteiger partial charge in [-0.2, -0.15) is 0 Å². The zero-order chi connectivity index (χ0) is 13.6. The highest BCUT2D eigenvalue weighted by Crippen LogP contribution is 2.29. The van der Waals surface area contributed by atoms with E-state index in [-0.39, 0.29) is 0 Å². The van der Waals surface area contributed by atoms with Gasteiger partial charge in [-0.25, -0.2) is 0 Å². The minimum atomic E-state index is 0.645. The predicted molar refractivity (Wildman–Crippen MR) is 85.2 cm³/mol. The molecule has 0 spiro atoms. The second kappa shape index (κ2) is 6.92. The van der Waals surface area contributed by atoms with Crippen molar-refractivity contribution in [2.75, 3.05) is 6.54 Å². The largest absolute Gasteiger partial charge is 0.371 e. The van der Waals surface area contributed by atoms with Crippen molar-refractivity contribution in [1.82, 2.24) is 5.32 Å². The van der Waals surface area contributed by atoms with E-state index >= 15 is 0 Å². The van der Waals surface area contributed by atoms with Crippen molar-refractivity contribution in [2.45, 2.75) is 57.4 Å². The van der Waals surface area contributed by atoms with E-state index in [4.69, 9.17) is 4.99 Å². The van der Waals surface area contributed by atoms with E-state index in [1.54, 1.807) is 0 Å². The van der Waals surface area contributed by atoms with Crippen LogP contribution in [0.5, 0.6) is 0 Å². The van der Waals surface area contributed by atoms with Gasteiger partial charge in [-0.05, 0) is 43.6 Å². The molecule has 20 heavy (non-hydrogen) atoms. The predicted octanol–water partition coefficient (Wildman–Crippen LogP) is 3.96. The smallest absolute Gasteiger partial charge is 0.0965 e. The third-order valence-corrected chi connectivity index (χ3v) is 4.73. The van der Waals surface area contributed by atoms with Crippen LogP contribution in [0.1, 0.15) is 50.5 Å². The highest BCUT2D eigenvalue weighted by Gasteiger charge is 2.28. The van der Waals surface area contributed by atoms with Gasteiger partial charge in [0.25, 0.3) is 0 Å². The lowest BCUT2D eigenvalue weighted by Gasteiger charge is -2.23. The summed E-state index contributed by atoms with van der Waals surface area (Å²) in [6.45, 7) is 1.03. The number of hydrogen-bond acceptors (Lipinski definition) is 2. The van der Waals surface area contributed by atoms with Gasteiger partial charge in [-0.15, -0.1) is 0 Å². The Morgan fingerprint density at radius 1 is 1.00 bits per heavy atom. The molecule has 0 saturated heterocycles. The molecule has 1 fully saturated rings. The number of hydrogen-bond donors (Lipinski definition) is 1. The molecule has 108 valence electrons. The molecule has 2 aliphatic rings. The van der Waals surface area contributed by atoms with Crippen LogP contribution in [-0.2, 0) is 6.42 Å². The van der Waals surface area contributed by atoms with Crippen molar-refractivity contribution in [2.24, 2.45) is 10.9 Å². The van der Waals surface area contributed by atoms with Crippen LogP contribution in [0.4, 0.5) is 0 Å². The Bertz CT molecular complexity index is 438. The quantitative estimate of drug-likeness (QED) is 0.883. The van der Waals surface area contributed by atoms with Gasteiger partial charge in [0.05, 0.1) is 5.84 Å². The van der Waals surface area contributed by atoms with Gasteiger partial charge in [0.2, 0.25) is 0 Å². The maximum absolute atomic E-state index is 4.73. The van der Waals surface area contributed by atoms with Gasteiger partial charge >= 0.3 is 0 Å². The monoisotopic (exact) mass is 270 g/mol. The number of rotatable bonds is 3. The van der Waals surface area contributed by atoms with Crippen molar-refractivity contribution >= 4 is 5.84 Å². The number of aliphatic imine (C=N–C) groups is 1. The van der Waals surface area contributed by atoms with Crippen molar-refractivity contribution in [3.8, 4) is 0 Å². The summed E-state index contributed by atoms with van der Waals surface area (Å²) in [5.74, 6) is 2.07. The Hall–Kier alpha value is -1.31. The first-order valence-corrected chi connectivity index (χ1v) is 8.25.